The second-order valence-electron chi connectivity index (χ2n) is 28.1. The monoisotopic (exact) mass is 1460 g/mol. The van der Waals surface area contributed by atoms with Crippen molar-refractivity contribution in [2.75, 3.05) is 147 Å². The Morgan fingerprint density at radius 2 is 0.932 bits per heavy atom. The predicted molar refractivity (Wildman–Crippen MR) is 424 cm³/mol. The lowest BCUT2D eigenvalue weighted by molar-refractivity contribution is -0.126. The van der Waals surface area contributed by atoms with Crippen LogP contribution in [0.15, 0.2) is 128 Å². The van der Waals surface area contributed by atoms with Crippen molar-refractivity contribution in [2.24, 2.45) is 0 Å². The highest BCUT2D eigenvalue weighted by atomic mass is 35.5. The fraction of sp³-hybridized carbons (Fsp3) is 0.494. The van der Waals surface area contributed by atoms with Crippen LogP contribution in [0.25, 0.3) is 21.5 Å². The van der Waals surface area contributed by atoms with Gasteiger partial charge >= 0.3 is 6.09 Å². The van der Waals surface area contributed by atoms with E-state index >= 15 is 0 Å². The molecule has 2 aliphatic carbocycles. The Hall–Kier alpha value is -7.78. The molecule has 2 N–H and O–H groups in total. The molecule has 19 nitrogen and oxygen atoms in total. The van der Waals surface area contributed by atoms with E-state index in [2.05, 4.69) is 166 Å². The van der Waals surface area contributed by atoms with Crippen molar-refractivity contribution < 1.29 is 19.1 Å². The van der Waals surface area contributed by atoms with Gasteiger partial charge in [0.15, 0.2) is 0 Å². The molecule has 2 amide bonds. The van der Waals surface area contributed by atoms with Crippen LogP contribution in [0, 0.1) is 13.8 Å². The van der Waals surface area contributed by atoms with Crippen LogP contribution in [0.4, 0.5) is 39.7 Å². The number of hydrogen-bond acceptors (Lipinski definition) is 17. The van der Waals surface area contributed by atoms with E-state index in [-0.39, 0.29) is 17.3 Å². The first-order chi connectivity index (χ1) is 50.2. The molecular formula is C81H106Cl3N15O4. The zero-order chi connectivity index (χ0) is 72.4. The highest BCUT2D eigenvalue weighted by Gasteiger charge is 2.36. The first-order valence-electron chi connectivity index (χ1n) is 37.5. The lowest BCUT2D eigenvalue weighted by Gasteiger charge is -2.38. The van der Waals surface area contributed by atoms with Crippen molar-refractivity contribution in [1.29, 1.82) is 0 Å². The summed E-state index contributed by atoms with van der Waals surface area (Å²) >= 11 is 14.2. The van der Waals surface area contributed by atoms with Crippen LogP contribution in [-0.4, -0.2) is 202 Å². The van der Waals surface area contributed by atoms with E-state index in [0.717, 1.165) is 176 Å². The number of fused-ring (bicyclic) bond motifs is 4. The molecule has 7 aromatic rings. The number of aromatic nitrogens is 4. The largest absolute Gasteiger partial charge is 0.445 e. The molecular weight excluding hydrogens is 1350 g/mol. The van der Waals surface area contributed by atoms with Crippen LogP contribution in [0.2, 0.25) is 0 Å². The second kappa shape index (κ2) is 37.3. The van der Waals surface area contributed by atoms with Gasteiger partial charge in [-0.3, -0.25) is 9.59 Å². The maximum Gasteiger partial charge on any atom is 0.410 e. The Morgan fingerprint density at radius 3 is 1.32 bits per heavy atom. The molecule has 0 unspecified atom stereocenters. The average molecular weight is 1460 g/mol. The molecule has 0 atom stereocenters. The number of carbonyl (C=O) groups excluding carboxylic acids is 3. The molecule has 2 aromatic heterocycles. The van der Waals surface area contributed by atoms with Gasteiger partial charge in [-0.05, 0) is 161 Å². The van der Waals surface area contributed by atoms with Crippen molar-refractivity contribution in [2.45, 2.75) is 143 Å². The molecule has 15 rings (SSSR count). The molecule has 8 aliphatic rings. The van der Waals surface area contributed by atoms with Crippen molar-refractivity contribution in [3.05, 3.63) is 168 Å². The van der Waals surface area contributed by atoms with E-state index in [1.54, 1.807) is 0 Å². The molecule has 2 saturated carbocycles. The van der Waals surface area contributed by atoms with Crippen LogP contribution >= 0.6 is 34.8 Å². The van der Waals surface area contributed by atoms with Gasteiger partial charge in [-0.15, -0.1) is 23.2 Å². The second-order valence-corrected chi connectivity index (χ2v) is 29.3. The number of allylic oxidation sites excluding steroid dienone is 1. The lowest BCUT2D eigenvalue weighted by atomic mass is 10.0. The van der Waals surface area contributed by atoms with E-state index in [0.29, 0.717) is 44.9 Å². The van der Waals surface area contributed by atoms with E-state index in [4.69, 9.17) is 59.5 Å². The topological polar surface area (TPSA) is 165 Å². The number of nitrogens with zero attached hydrogens (tertiary/aromatic N) is 13. The number of likely N-dealkylation sites (tertiary alicyclic amines) is 2. The summed E-state index contributed by atoms with van der Waals surface area (Å²) in [6.07, 6.45) is 14.0. The SMILES string of the molecule is C=CC(=O)Cl.C=CC(=O)N1CCN(c2nc(NC3CCN(C4CC4)CC3)nc3c2CCN(c2cc(C)cc4ccccc24)C3)CC1.CCN(CC)CC.Cc1cc(N2CCc3c(nc(NC4CCN(C5CC5)CC4)nc3N3CCN(C(=O)OCc4ccccc4)CC3)C2)c2ccccc2c1.ClCCl. The molecule has 22 heteroatoms. The van der Waals surface area contributed by atoms with Crippen LogP contribution < -0.4 is 30.2 Å². The zero-order valence-electron chi connectivity index (χ0n) is 61.2. The van der Waals surface area contributed by atoms with Crippen molar-refractivity contribution >= 4 is 108 Å². The van der Waals surface area contributed by atoms with Crippen molar-refractivity contribution in [3.8, 4) is 0 Å². The molecule has 550 valence electrons. The number of benzene rings is 5. The van der Waals surface area contributed by atoms with Crippen LogP contribution in [0.5, 0.6) is 0 Å². The third-order valence-corrected chi connectivity index (χ3v) is 21.4. The molecule has 6 aliphatic heterocycles. The predicted octanol–water partition coefficient (Wildman–Crippen LogP) is 14.1. The molecule has 5 aromatic carbocycles. The molecule has 0 spiro atoms. The number of aryl methyl sites for hydroxylation is 2. The fourth-order valence-electron chi connectivity index (χ4n) is 15.2. The summed E-state index contributed by atoms with van der Waals surface area (Å²) < 4.78 is 5.65. The number of piperazine rings is 2. The number of amides is 2. The van der Waals surface area contributed by atoms with E-state index < -0.39 is 5.24 Å². The number of piperidine rings is 2. The maximum atomic E-state index is 12.9. The number of ether oxygens (including phenoxy) is 1. The number of halogens is 3. The number of nitrogens with one attached hydrogen (secondary N) is 2. The Morgan fingerprint density at radius 1 is 0.524 bits per heavy atom. The summed E-state index contributed by atoms with van der Waals surface area (Å²) in [5.41, 5.74) is 10.8. The highest BCUT2D eigenvalue weighted by Crippen LogP contribution is 2.39. The van der Waals surface area contributed by atoms with E-state index in [1.807, 2.05) is 40.1 Å². The van der Waals surface area contributed by atoms with Crippen molar-refractivity contribution in [3.63, 3.8) is 0 Å². The lowest BCUT2D eigenvalue weighted by Crippen LogP contribution is -2.49. The molecule has 0 bridgehead atoms. The number of carbonyl (C=O) groups is 3. The smallest absolute Gasteiger partial charge is 0.410 e. The van der Waals surface area contributed by atoms with Crippen LogP contribution in [0.3, 0.4) is 0 Å². The third-order valence-electron chi connectivity index (χ3n) is 21.2. The highest BCUT2D eigenvalue weighted by molar-refractivity contribution is 6.66. The Bertz CT molecular complexity index is 3970. The standard InChI is InChI=1S/C38H45N7O2.C33H41N7O.C6H15N.C3H3ClO.CH2Cl2/c1-27-23-29-9-5-6-10-32(29)35(24-27)45-18-15-33-34(25-45)40-37(39-30-13-16-42(17-14-30)31-11-12-31)41-36(33)43-19-21-44(22-20-43)38(46)47-26-28-7-3-2-4-8-28;1-3-31(41)38-16-18-39(19-17-38)32-28-12-15-40(30-21-23(2)20-24-6-4-5-7-27(24)30)22-29(28)35-33(36-32)34-25-10-13-37(14-11-25)26-8-9-26;1-4-7(5-2)6-3;1-2-3(4)5;2-1-3/h2-10,23-24,30-31H,11-22,25-26H2,1H3,(H,39,40,41);3-7,20-21,25-26H,1,8-19,22H2,2H3,(H,34,35,36);4-6H2,1-3H3;2H,1H2;1H2. The zero-order valence-corrected chi connectivity index (χ0v) is 63.5. The summed E-state index contributed by atoms with van der Waals surface area (Å²) in [6, 6.07) is 38.8. The normalized spacial score (nSPS) is 18.0. The van der Waals surface area contributed by atoms with E-state index in [9.17, 15) is 14.4 Å². The van der Waals surface area contributed by atoms with Gasteiger partial charge in [0, 0.05) is 149 Å². The van der Waals surface area contributed by atoms with Crippen LogP contribution in [-0.2, 0) is 46.9 Å². The van der Waals surface area contributed by atoms with Gasteiger partial charge < -0.3 is 59.5 Å². The Kier molecular flexibility index (Phi) is 27.6. The quantitative estimate of drug-likeness (QED) is 0.0502. The van der Waals surface area contributed by atoms with Gasteiger partial charge in [-0.2, -0.15) is 9.97 Å². The van der Waals surface area contributed by atoms with Gasteiger partial charge in [0.1, 0.15) is 18.2 Å². The summed E-state index contributed by atoms with van der Waals surface area (Å²) in [7, 11) is 0. The molecule has 103 heavy (non-hydrogen) atoms. The first-order valence-corrected chi connectivity index (χ1v) is 38.9. The molecule has 0 radical (unpaired) electrons. The Labute approximate surface area is 625 Å². The Balaban J connectivity index is 0.000000174. The third kappa shape index (κ3) is 20.6. The summed E-state index contributed by atoms with van der Waals surface area (Å²) in [5, 5.41) is 12.3. The number of alkyl halides is 2. The number of hydrogen-bond donors (Lipinski definition) is 2. The van der Waals surface area contributed by atoms with Crippen LogP contribution in [0.1, 0.15) is 111 Å². The van der Waals surface area contributed by atoms with E-state index in [1.165, 1.54) is 107 Å². The first kappa shape index (κ1) is 76.4. The van der Waals surface area contributed by atoms with Gasteiger partial charge in [0.05, 0.1) is 29.8 Å². The summed E-state index contributed by atoms with van der Waals surface area (Å²) in [6.45, 7) is 35.1. The van der Waals surface area contributed by atoms with Gasteiger partial charge in [0.25, 0.3) is 0 Å². The average Bonchev–Trinajstić information content (AvgIpc) is 1.54. The molecule has 4 saturated heterocycles. The minimum Gasteiger partial charge on any atom is -0.445 e. The van der Waals surface area contributed by atoms with Gasteiger partial charge in [-0.1, -0.05) is 125 Å². The van der Waals surface area contributed by atoms with Crippen molar-refractivity contribution in [1.82, 2.24) is 44.4 Å². The van der Waals surface area contributed by atoms with Gasteiger partial charge in [0.2, 0.25) is 23.0 Å². The number of anilines is 6. The molecule has 8 heterocycles. The van der Waals surface area contributed by atoms with Gasteiger partial charge in [-0.25, -0.2) is 14.8 Å². The minimum atomic E-state index is -0.509. The number of rotatable bonds is 17. The minimum absolute atomic E-state index is 0.00952. The summed E-state index contributed by atoms with van der Waals surface area (Å²) in [5.74, 6) is 3.58. The maximum absolute atomic E-state index is 12.9. The molecule has 6 fully saturated rings. The summed E-state index contributed by atoms with van der Waals surface area (Å²) in [4.78, 5) is 76.5. The fourth-order valence-corrected chi connectivity index (χ4v) is 15.2.